The lowest BCUT2D eigenvalue weighted by Gasteiger charge is -2.15. The summed E-state index contributed by atoms with van der Waals surface area (Å²) in [5.41, 5.74) is -2.17. The van der Waals surface area contributed by atoms with E-state index in [1.165, 1.54) is 18.2 Å². The number of allylic oxidation sites excluding steroid dienone is 2. The van der Waals surface area contributed by atoms with Crippen LogP contribution < -0.4 is 0 Å². The summed E-state index contributed by atoms with van der Waals surface area (Å²) in [7, 11) is 0. The van der Waals surface area contributed by atoms with E-state index in [9.17, 15) is 26.7 Å². The molecule has 0 heterocycles. The third kappa shape index (κ3) is 3.34. The Morgan fingerprint density at radius 2 is 1.20 bits per heavy atom. The molecule has 0 aliphatic rings. The normalized spacial score (nSPS) is 12.7. The Hall–Kier alpha value is -3.25. The van der Waals surface area contributed by atoms with Crippen LogP contribution in [0.5, 0.6) is 0 Å². The lowest BCUT2D eigenvalue weighted by atomic mass is 9.86. The third-order valence-electron chi connectivity index (χ3n) is 3.57. The van der Waals surface area contributed by atoms with Crippen molar-refractivity contribution in [2.24, 2.45) is 11.8 Å². The smallest absolute Gasteiger partial charge is 0.200 e. The molecule has 1 rings (SSSR count). The van der Waals surface area contributed by atoms with Gasteiger partial charge >= 0.3 is 0 Å². The minimum absolute atomic E-state index is 0.341. The molecule has 9 heteroatoms. The number of benzene rings is 1. The summed E-state index contributed by atoms with van der Waals surface area (Å²) < 4.78 is 67.4. The molecule has 25 heavy (non-hydrogen) atoms. The zero-order chi connectivity index (χ0) is 19.5. The van der Waals surface area contributed by atoms with E-state index in [4.69, 9.17) is 15.8 Å². The van der Waals surface area contributed by atoms with Crippen molar-refractivity contribution in [3.63, 3.8) is 0 Å². The molecule has 0 aromatic heterocycles. The van der Waals surface area contributed by atoms with Crippen LogP contribution in [0.15, 0.2) is 5.57 Å². The number of Topliss-reactive ketones (excluding diaryl/α,β-unsaturated/α-hetero) is 1. The number of hydrogen-bond acceptors (Lipinski definition) is 4. The molecule has 0 amide bonds. The van der Waals surface area contributed by atoms with Gasteiger partial charge in [-0.25, -0.2) is 22.0 Å². The zero-order valence-corrected chi connectivity index (χ0v) is 12.8. The molecule has 0 saturated heterocycles. The van der Waals surface area contributed by atoms with Crippen molar-refractivity contribution in [2.75, 3.05) is 0 Å². The van der Waals surface area contributed by atoms with Gasteiger partial charge in [0.05, 0.1) is 23.8 Å². The van der Waals surface area contributed by atoms with Gasteiger partial charge in [0, 0.05) is 0 Å². The number of carbonyl (C=O) groups is 1. The van der Waals surface area contributed by atoms with E-state index < -0.39 is 57.8 Å². The number of nitrogens with zero attached hydrogens (tertiary/aromatic N) is 3. The maximum Gasteiger partial charge on any atom is 0.200 e. The molecule has 0 N–H and O–H groups in total. The Morgan fingerprint density at radius 3 is 1.56 bits per heavy atom. The first-order valence-electron chi connectivity index (χ1n) is 6.55. The SMILES string of the molecule is CC(=C(C)C(C#N)C(=O)C(C#N)C#N)c1c(F)c(F)c(F)c(F)c1F. The lowest BCUT2D eigenvalue weighted by molar-refractivity contribution is -0.121. The molecular weight excluding hydrogens is 345 g/mol. The van der Waals surface area contributed by atoms with E-state index in [-0.39, 0.29) is 5.57 Å². The van der Waals surface area contributed by atoms with E-state index in [0.717, 1.165) is 13.8 Å². The first-order chi connectivity index (χ1) is 11.6. The molecule has 0 bridgehead atoms. The average molecular weight is 353 g/mol. The summed E-state index contributed by atoms with van der Waals surface area (Å²) in [5.74, 6) is -15.7. The van der Waals surface area contributed by atoms with E-state index in [1.54, 1.807) is 0 Å². The minimum Gasteiger partial charge on any atom is -0.295 e. The van der Waals surface area contributed by atoms with Gasteiger partial charge in [-0.2, -0.15) is 15.8 Å². The molecule has 0 radical (unpaired) electrons. The first kappa shape index (κ1) is 19.8. The summed E-state index contributed by atoms with van der Waals surface area (Å²) >= 11 is 0. The standard InChI is InChI=1S/C16H8F5N3O/c1-6(9(5-24)16(25)8(3-22)4-23)7(2)10-11(17)13(19)15(21)14(20)12(10)18/h8-9H,1-2H3. The summed E-state index contributed by atoms with van der Waals surface area (Å²) in [4.78, 5) is 12.0. The predicted molar refractivity (Wildman–Crippen MR) is 73.3 cm³/mol. The Bertz CT molecular complexity index is 859. The molecule has 128 valence electrons. The van der Waals surface area contributed by atoms with Crippen LogP contribution in [0.25, 0.3) is 5.57 Å². The van der Waals surface area contributed by atoms with Crippen LogP contribution in [-0.2, 0) is 4.79 Å². The molecule has 1 unspecified atom stereocenters. The van der Waals surface area contributed by atoms with Crippen LogP contribution in [0.4, 0.5) is 22.0 Å². The Kier molecular flexibility index (Phi) is 5.98. The predicted octanol–water partition coefficient (Wildman–Crippen LogP) is 3.55. The number of carbonyl (C=O) groups excluding carboxylic acids is 1. The van der Waals surface area contributed by atoms with Gasteiger partial charge < -0.3 is 0 Å². The Labute approximate surface area is 139 Å². The molecule has 0 spiro atoms. The van der Waals surface area contributed by atoms with Gasteiger partial charge in [-0.1, -0.05) is 0 Å². The highest BCUT2D eigenvalue weighted by Gasteiger charge is 2.32. The summed E-state index contributed by atoms with van der Waals surface area (Å²) in [6, 6.07) is 4.16. The summed E-state index contributed by atoms with van der Waals surface area (Å²) in [6.45, 7) is 2.02. The molecule has 1 aromatic rings. The van der Waals surface area contributed by atoms with Crippen molar-refractivity contribution in [2.45, 2.75) is 13.8 Å². The quantitative estimate of drug-likeness (QED) is 0.470. The van der Waals surface area contributed by atoms with E-state index in [1.807, 2.05) is 0 Å². The van der Waals surface area contributed by atoms with Gasteiger partial charge in [-0.15, -0.1) is 0 Å². The monoisotopic (exact) mass is 353 g/mol. The largest absolute Gasteiger partial charge is 0.295 e. The number of halogens is 5. The van der Waals surface area contributed by atoms with Gasteiger partial charge in [-0.3, -0.25) is 4.79 Å². The second kappa shape index (κ2) is 7.55. The van der Waals surface area contributed by atoms with Crippen molar-refractivity contribution < 1.29 is 26.7 Å². The number of nitriles is 3. The highest BCUT2D eigenvalue weighted by Crippen LogP contribution is 2.32. The number of rotatable bonds is 4. The lowest BCUT2D eigenvalue weighted by Crippen LogP contribution is -2.22. The topological polar surface area (TPSA) is 88.4 Å². The highest BCUT2D eigenvalue weighted by atomic mass is 19.2. The average Bonchev–Trinajstić information content (AvgIpc) is 2.59. The number of ketones is 1. The second-order valence-electron chi connectivity index (χ2n) is 4.91. The van der Waals surface area contributed by atoms with Crippen molar-refractivity contribution in [1.82, 2.24) is 0 Å². The van der Waals surface area contributed by atoms with Crippen LogP contribution in [-0.4, -0.2) is 5.78 Å². The van der Waals surface area contributed by atoms with Gasteiger partial charge in [0.1, 0.15) is 5.92 Å². The van der Waals surface area contributed by atoms with E-state index >= 15 is 0 Å². The first-order valence-corrected chi connectivity index (χ1v) is 6.55. The van der Waals surface area contributed by atoms with E-state index in [0.29, 0.717) is 0 Å². The zero-order valence-electron chi connectivity index (χ0n) is 12.8. The molecule has 0 aliphatic heterocycles. The minimum atomic E-state index is -2.34. The fourth-order valence-corrected chi connectivity index (χ4v) is 2.04. The molecular formula is C16H8F5N3O. The molecule has 1 aromatic carbocycles. The fourth-order valence-electron chi connectivity index (χ4n) is 2.04. The molecule has 4 nitrogen and oxygen atoms in total. The maximum atomic E-state index is 13.8. The number of hydrogen-bond donors (Lipinski definition) is 0. The van der Waals surface area contributed by atoms with Gasteiger partial charge in [-0.05, 0) is 25.0 Å². The van der Waals surface area contributed by atoms with Crippen molar-refractivity contribution in [1.29, 1.82) is 15.8 Å². The Balaban J connectivity index is 3.65. The highest BCUT2D eigenvalue weighted by molar-refractivity contribution is 5.93. The van der Waals surface area contributed by atoms with Crippen LogP contribution >= 0.6 is 0 Å². The molecule has 0 fully saturated rings. The third-order valence-corrected chi connectivity index (χ3v) is 3.57. The van der Waals surface area contributed by atoms with Crippen LogP contribution in [0.3, 0.4) is 0 Å². The van der Waals surface area contributed by atoms with Gasteiger partial charge in [0.25, 0.3) is 0 Å². The molecule has 0 saturated carbocycles. The van der Waals surface area contributed by atoms with E-state index in [2.05, 4.69) is 0 Å². The van der Waals surface area contributed by atoms with Crippen molar-refractivity contribution >= 4 is 11.4 Å². The molecule has 1 atom stereocenters. The van der Waals surface area contributed by atoms with Crippen LogP contribution in [0, 0.1) is 74.9 Å². The van der Waals surface area contributed by atoms with Gasteiger partial charge in [0.15, 0.2) is 35.0 Å². The van der Waals surface area contributed by atoms with Crippen LogP contribution in [0.1, 0.15) is 19.4 Å². The van der Waals surface area contributed by atoms with Crippen molar-refractivity contribution in [3.8, 4) is 18.2 Å². The fraction of sp³-hybridized carbons (Fsp3) is 0.250. The summed E-state index contributed by atoms with van der Waals surface area (Å²) in [5, 5.41) is 26.5. The summed E-state index contributed by atoms with van der Waals surface area (Å²) in [6.07, 6.45) is 0. The van der Waals surface area contributed by atoms with Crippen molar-refractivity contribution in [3.05, 3.63) is 40.2 Å². The maximum absolute atomic E-state index is 13.8. The molecule has 0 aliphatic carbocycles. The second-order valence-corrected chi connectivity index (χ2v) is 4.91. The van der Waals surface area contributed by atoms with Gasteiger partial charge in [0.2, 0.25) is 5.82 Å². The Morgan fingerprint density at radius 1 is 0.800 bits per heavy atom. The van der Waals surface area contributed by atoms with Crippen LogP contribution in [0.2, 0.25) is 0 Å².